The van der Waals surface area contributed by atoms with E-state index in [0.717, 1.165) is 12.8 Å². The van der Waals surface area contributed by atoms with Crippen LogP contribution in [0.2, 0.25) is 0 Å². The standard InChI is InChI=1S/C14H27NO3/c1-3-4-5-6-7-8-9-18-13(16)14(2)11-17-10-12(14)15/h12H,3-11,15H2,1-2H3. The molecule has 0 aromatic rings. The lowest BCUT2D eigenvalue weighted by Crippen LogP contribution is -2.45. The zero-order chi connectivity index (χ0) is 13.4. The molecule has 2 N–H and O–H groups in total. The highest BCUT2D eigenvalue weighted by atomic mass is 16.5. The first-order valence-corrected chi connectivity index (χ1v) is 7.12. The van der Waals surface area contributed by atoms with Gasteiger partial charge >= 0.3 is 5.97 Å². The fourth-order valence-electron chi connectivity index (χ4n) is 2.11. The Kier molecular flexibility index (Phi) is 6.65. The summed E-state index contributed by atoms with van der Waals surface area (Å²) in [5.41, 5.74) is 5.22. The van der Waals surface area contributed by atoms with Gasteiger partial charge in [-0.15, -0.1) is 0 Å². The third-order valence-electron chi connectivity index (χ3n) is 3.72. The van der Waals surface area contributed by atoms with E-state index in [-0.39, 0.29) is 12.0 Å². The lowest BCUT2D eigenvalue weighted by atomic mass is 9.86. The van der Waals surface area contributed by atoms with Gasteiger partial charge in [-0.1, -0.05) is 39.0 Å². The summed E-state index contributed by atoms with van der Waals surface area (Å²) in [6, 6.07) is -0.241. The van der Waals surface area contributed by atoms with Gasteiger partial charge < -0.3 is 15.2 Å². The van der Waals surface area contributed by atoms with Crippen molar-refractivity contribution in [3.8, 4) is 0 Å². The second-order valence-corrected chi connectivity index (χ2v) is 5.44. The van der Waals surface area contributed by atoms with Crippen LogP contribution in [0.3, 0.4) is 0 Å². The quantitative estimate of drug-likeness (QED) is 0.535. The number of unbranched alkanes of at least 4 members (excludes halogenated alkanes) is 5. The molecular formula is C14H27NO3. The monoisotopic (exact) mass is 257 g/mol. The van der Waals surface area contributed by atoms with Gasteiger partial charge in [0, 0.05) is 6.04 Å². The van der Waals surface area contributed by atoms with Crippen molar-refractivity contribution in [2.45, 2.75) is 58.4 Å². The van der Waals surface area contributed by atoms with Crippen LogP contribution in [0.5, 0.6) is 0 Å². The highest BCUT2D eigenvalue weighted by Gasteiger charge is 2.45. The molecule has 0 aromatic heterocycles. The van der Waals surface area contributed by atoms with Gasteiger partial charge in [-0.05, 0) is 13.3 Å². The highest BCUT2D eigenvalue weighted by molar-refractivity contribution is 5.78. The third kappa shape index (κ3) is 4.25. The third-order valence-corrected chi connectivity index (χ3v) is 3.72. The molecule has 0 amide bonds. The van der Waals surface area contributed by atoms with Crippen LogP contribution >= 0.6 is 0 Å². The van der Waals surface area contributed by atoms with Crippen molar-refractivity contribution < 1.29 is 14.3 Å². The predicted molar refractivity (Wildman–Crippen MR) is 71.2 cm³/mol. The topological polar surface area (TPSA) is 61.5 Å². The summed E-state index contributed by atoms with van der Waals surface area (Å²) < 4.78 is 10.5. The number of carbonyl (C=O) groups excluding carboxylic acids is 1. The Bertz CT molecular complexity index is 257. The number of hydrogen-bond donors (Lipinski definition) is 1. The summed E-state index contributed by atoms with van der Waals surface area (Å²) in [5, 5.41) is 0. The minimum Gasteiger partial charge on any atom is -0.465 e. The van der Waals surface area contributed by atoms with Gasteiger partial charge in [-0.3, -0.25) is 4.79 Å². The normalized spacial score (nSPS) is 27.4. The van der Waals surface area contributed by atoms with E-state index in [9.17, 15) is 4.79 Å². The zero-order valence-corrected chi connectivity index (χ0v) is 11.7. The number of hydrogen-bond acceptors (Lipinski definition) is 4. The molecule has 1 fully saturated rings. The average Bonchev–Trinajstić information content (AvgIpc) is 2.69. The molecule has 4 nitrogen and oxygen atoms in total. The molecule has 106 valence electrons. The fraction of sp³-hybridized carbons (Fsp3) is 0.929. The molecular weight excluding hydrogens is 230 g/mol. The van der Waals surface area contributed by atoms with Crippen LogP contribution in [0.25, 0.3) is 0 Å². The first kappa shape index (κ1) is 15.4. The van der Waals surface area contributed by atoms with Gasteiger partial charge in [0.1, 0.15) is 5.41 Å². The second-order valence-electron chi connectivity index (χ2n) is 5.44. The Morgan fingerprint density at radius 2 is 2.00 bits per heavy atom. The van der Waals surface area contributed by atoms with E-state index in [1.54, 1.807) is 0 Å². The molecule has 0 bridgehead atoms. The van der Waals surface area contributed by atoms with Gasteiger partial charge in [0.05, 0.1) is 19.8 Å². The molecule has 2 unspecified atom stereocenters. The van der Waals surface area contributed by atoms with Crippen molar-refractivity contribution in [1.29, 1.82) is 0 Å². The maximum absolute atomic E-state index is 11.9. The predicted octanol–water partition coefficient (Wildman–Crippen LogP) is 2.25. The Hall–Kier alpha value is -0.610. The lowest BCUT2D eigenvalue weighted by Gasteiger charge is -2.24. The molecule has 0 aliphatic carbocycles. The Morgan fingerprint density at radius 1 is 1.33 bits per heavy atom. The number of nitrogens with two attached hydrogens (primary N) is 1. The molecule has 1 saturated heterocycles. The lowest BCUT2D eigenvalue weighted by molar-refractivity contribution is -0.155. The van der Waals surface area contributed by atoms with E-state index in [4.69, 9.17) is 15.2 Å². The van der Waals surface area contributed by atoms with Crippen molar-refractivity contribution in [1.82, 2.24) is 0 Å². The molecule has 0 saturated carbocycles. The summed E-state index contributed by atoms with van der Waals surface area (Å²) in [5.74, 6) is -0.207. The van der Waals surface area contributed by atoms with E-state index < -0.39 is 5.41 Å². The number of ether oxygens (including phenoxy) is 2. The van der Waals surface area contributed by atoms with E-state index in [2.05, 4.69) is 6.92 Å². The molecule has 0 radical (unpaired) electrons. The van der Waals surface area contributed by atoms with Crippen LogP contribution < -0.4 is 5.73 Å². The average molecular weight is 257 g/mol. The minimum absolute atomic E-state index is 0.207. The van der Waals surface area contributed by atoms with Crippen molar-refractivity contribution in [3.63, 3.8) is 0 Å². The Morgan fingerprint density at radius 3 is 2.61 bits per heavy atom. The number of carbonyl (C=O) groups is 1. The maximum Gasteiger partial charge on any atom is 0.315 e. The van der Waals surface area contributed by atoms with Crippen LogP contribution in [0.15, 0.2) is 0 Å². The summed E-state index contributed by atoms with van der Waals surface area (Å²) in [6.07, 6.45) is 7.13. The molecule has 1 aliphatic heterocycles. The molecule has 1 aliphatic rings. The van der Waals surface area contributed by atoms with Gasteiger partial charge in [-0.2, -0.15) is 0 Å². The Labute approximate surface area is 110 Å². The molecule has 1 rings (SSSR count). The van der Waals surface area contributed by atoms with Crippen LogP contribution in [0.1, 0.15) is 52.4 Å². The van der Waals surface area contributed by atoms with Crippen LogP contribution in [0, 0.1) is 5.41 Å². The SMILES string of the molecule is CCCCCCCCOC(=O)C1(C)COCC1N. The van der Waals surface area contributed by atoms with E-state index >= 15 is 0 Å². The van der Waals surface area contributed by atoms with Gasteiger partial charge in [0.2, 0.25) is 0 Å². The largest absolute Gasteiger partial charge is 0.465 e. The molecule has 2 atom stereocenters. The number of rotatable bonds is 8. The molecule has 4 heteroatoms. The van der Waals surface area contributed by atoms with Gasteiger partial charge in [-0.25, -0.2) is 0 Å². The van der Waals surface area contributed by atoms with Crippen molar-refractivity contribution in [2.75, 3.05) is 19.8 Å². The summed E-state index contributed by atoms with van der Waals surface area (Å²) in [4.78, 5) is 11.9. The number of esters is 1. The van der Waals surface area contributed by atoms with Gasteiger partial charge in [0.25, 0.3) is 0 Å². The van der Waals surface area contributed by atoms with Gasteiger partial charge in [0.15, 0.2) is 0 Å². The van der Waals surface area contributed by atoms with Crippen LogP contribution in [0.4, 0.5) is 0 Å². The second kappa shape index (κ2) is 7.74. The highest BCUT2D eigenvalue weighted by Crippen LogP contribution is 2.28. The summed E-state index contributed by atoms with van der Waals surface area (Å²) in [6.45, 7) is 5.36. The molecule has 1 heterocycles. The maximum atomic E-state index is 11.9. The van der Waals surface area contributed by atoms with Crippen LogP contribution in [-0.4, -0.2) is 31.8 Å². The van der Waals surface area contributed by atoms with Crippen molar-refractivity contribution in [2.24, 2.45) is 11.1 Å². The minimum atomic E-state index is -0.651. The van der Waals surface area contributed by atoms with E-state index in [1.807, 2.05) is 6.92 Å². The molecule has 0 aromatic carbocycles. The first-order chi connectivity index (χ1) is 8.61. The Balaban J connectivity index is 2.10. The summed E-state index contributed by atoms with van der Waals surface area (Å²) >= 11 is 0. The molecule has 18 heavy (non-hydrogen) atoms. The van der Waals surface area contributed by atoms with Crippen molar-refractivity contribution >= 4 is 5.97 Å². The molecule has 0 spiro atoms. The van der Waals surface area contributed by atoms with E-state index in [0.29, 0.717) is 19.8 Å². The fourth-order valence-corrected chi connectivity index (χ4v) is 2.11. The van der Waals surface area contributed by atoms with Crippen LogP contribution in [-0.2, 0) is 14.3 Å². The van der Waals surface area contributed by atoms with Crippen molar-refractivity contribution in [3.05, 3.63) is 0 Å². The summed E-state index contributed by atoms with van der Waals surface area (Å²) in [7, 11) is 0. The zero-order valence-electron chi connectivity index (χ0n) is 11.7. The van der Waals surface area contributed by atoms with E-state index in [1.165, 1.54) is 25.7 Å². The first-order valence-electron chi connectivity index (χ1n) is 7.12. The smallest absolute Gasteiger partial charge is 0.315 e.